The van der Waals surface area contributed by atoms with Crippen LogP contribution >= 0.6 is 0 Å². The lowest BCUT2D eigenvalue weighted by atomic mass is 10.2. The van der Waals surface area contributed by atoms with Crippen LogP contribution in [0.1, 0.15) is 11.3 Å². The van der Waals surface area contributed by atoms with E-state index in [9.17, 15) is 4.79 Å². The van der Waals surface area contributed by atoms with Crippen molar-refractivity contribution in [3.8, 4) is 11.5 Å². The number of para-hydroxylation sites is 1. The van der Waals surface area contributed by atoms with E-state index in [2.05, 4.69) is 0 Å². The van der Waals surface area contributed by atoms with Crippen molar-refractivity contribution in [1.29, 1.82) is 0 Å². The normalized spacial score (nSPS) is 10.3. The van der Waals surface area contributed by atoms with Gasteiger partial charge in [-0.2, -0.15) is 0 Å². The summed E-state index contributed by atoms with van der Waals surface area (Å²) in [6.07, 6.45) is 1.60. The molecule has 5 heteroatoms. The third kappa shape index (κ3) is 4.89. The van der Waals surface area contributed by atoms with E-state index in [4.69, 9.17) is 13.9 Å². The first-order valence-corrected chi connectivity index (χ1v) is 8.35. The molecule has 0 fully saturated rings. The summed E-state index contributed by atoms with van der Waals surface area (Å²) in [5.41, 5.74) is 1.01. The third-order valence-electron chi connectivity index (χ3n) is 3.92. The number of furan rings is 1. The fourth-order valence-corrected chi connectivity index (χ4v) is 2.53. The van der Waals surface area contributed by atoms with Gasteiger partial charge in [0.05, 0.1) is 19.9 Å². The number of amides is 1. The van der Waals surface area contributed by atoms with Gasteiger partial charge < -0.3 is 18.8 Å². The van der Waals surface area contributed by atoms with Gasteiger partial charge in [0.1, 0.15) is 17.3 Å². The number of hydrogen-bond donors (Lipinski definition) is 0. The van der Waals surface area contributed by atoms with Crippen LogP contribution in [-0.2, 0) is 17.9 Å². The highest BCUT2D eigenvalue weighted by Crippen LogP contribution is 2.16. The summed E-state index contributed by atoms with van der Waals surface area (Å²) < 4.78 is 16.2. The Morgan fingerprint density at radius 1 is 0.923 bits per heavy atom. The zero-order valence-electron chi connectivity index (χ0n) is 14.6. The van der Waals surface area contributed by atoms with Crippen LogP contribution in [0.4, 0.5) is 0 Å². The fourth-order valence-electron chi connectivity index (χ4n) is 2.53. The van der Waals surface area contributed by atoms with Gasteiger partial charge >= 0.3 is 0 Å². The highest BCUT2D eigenvalue weighted by Gasteiger charge is 2.17. The topological polar surface area (TPSA) is 51.9 Å². The molecule has 0 aliphatic rings. The molecule has 2 aromatic carbocycles. The number of nitrogens with zero attached hydrogens (tertiary/aromatic N) is 1. The zero-order valence-corrected chi connectivity index (χ0v) is 14.6. The van der Waals surface area contributed by atoms with E-state index in [0.29, 0.717) is 18.8 Å². The first kappa shape index (κ1) is 17.6. The average molecular weight is 351 g/mol. The second-order valence-electron chi connectivity index (χ2n) is 5.78. The Kier molecular flexibility index (Phi) is 5.93. The second kappa shape index (κ2) is 8.76. The van der Waals surface area contributed by atoms with Crippen LogP contribution in [0.2, 0.25) is 0 Å². The number of carbonyl (C=O) groups excluding carboxylic acids is 1. The van der Waals surface area contributed by atoms with Gasteiger partial charge in [-0.25, -0.2) is 0 Å². The molecule has 0 saturated heterocycles. The van der Waals surface area contributed by atoms with Crippen molar-refractivity contribution in [1.82, 2.24) is 4.90 Å². The lowest BCUT2D eigenvalue weighted by Crippen LogP contribution is -2.34. The maximum atomic E-state index is 12.7. The molecule has 0 saturated carbocycles. The average Bonchev–Trinajstić information content (AvgIpc) is 3.20. The maximum absolute atomic E-state index is 12.7. The van der Waals surface area contributed by atoms with Gasteiger partial charge in [-0.3, -0.25) is 4.79 Å². The summed E-state index contributed by atoms with van der Waals surface area (Å²) in [6.45, 7) is 0.818. The molecule has 3 aromatic rings. The largest absolute Gasteiger partial charge is 0.497 e. The van der Waals surface area contributed by atoms with Crippen LogP contribution in [0.3, 0.4) is 0 Å². The van der Waals surface area contributed by atoms with Crippen molar-refractivity contribution >= 4 is 5.91 Å². The highest BCUT2D eigenvalue weighted by atomic mass is 16.5. The van der Waals surface area contributed by atoms with Crippen LogP contribution in [-0.4, -0.2) is 24.5 Å². The molecule has 5 nitrogen and oxygen atoms in total. The van der Waals surface area contributed by atoms with Crippen LogP contribution in [0.15, 0.2) is 77.4 Å². The molecule has 134 valence electrons. The molecule has 0 spiro atoms. The van der Waals surface area contributed by atoms with Gasteiger partial charge in [0.15, 0.2) is 6.61 Å². The van der Waals surface area contributed by atoms with Gasteiger partial charge in [0.2, 0.25) is 0 Å². The van der Waals surface area contributed by atoms with Gasteiger partial charge in [-0.05, 0) is 42.0 Å². The molecular weight excluding hydrogens is 330 g/mol. The van der Waals surface area contributed by atoms with E-state index in [0.717, 1.165) is 17.1 Å². The summed E-state index contributed by atoms with van der Waals surface area (Å²) in [5.74, 6) is 2.07. The molecule has 0 bridgehead atoms. The molecule has 1 amide bonds. The minimum Gasteiger partial charge on any atom is -0.497 e. The van der Waals surface area contributed by atoms with E-state index >= 15 is 0 Å². The van der Waals surface area contributed by atoms with Crippen molar-refractivity contribution in [2.75, 3.05) is 13.7 Å². The Morgan fingerprint density at radius 2 is 1.69 bits per heavy atom. The van der Waals surface area contributed by atoms with Crippen molar-refractivity contribution in [3.63, 3.8) is 0 Å². The summed E-state index contributed by atoms with van der Waals surface area (Å²) >= 11 is 0. The van der Waals surface area contributed by atoms with Gasteiger partial charge in [-0.15, -0.1) is 0 Å². The first-order valence-electron chi connectivity index (χ1n) is 8.35. The van der Waals surface area contributed by atoms with Crippen LogP contribution < -0.4 is 9.47 Å². The molecule has 0 aliphatic carbocycles. The lowest BCUT2D eigenvalue weighted by molar-refractivity contribution is -0.134. The predicted molar refractivity (Wildman–Crippen MR) is 97.9 cm³/mol. The molecule has 0 atom stereocenters. The van der Waals surface area contributed by atoms with Crippen molar-refractivity contribution in [2.24, 2.45) is 0 Å². The van der Waals surface area contributed by atoms with E-state index in [1.165, 1.54) is 0 Å². The summed E-state index contributed by atoms with van der Waals surface area (Å²) in [5, 5.41) is 0. The number of ether oxygens (including phenoxy) is 2. The molecule has 0 aliphatic heterocycles. The molecule has 0 N–H and O–H groups in total. The number of methoxy groups -OCH3 is 1. The molecule has 1 heterocycles. The lowest BCUT2D eigenvalue weighted by Gasteiger charge is -2.22. The van der Waals surface area contributed by atoms with E-state index < -0.39 is 0 Å². The van der Waals surface area contributed by atoms with E-state index in [1.807, 2.05) is 66.7 Å². The molecule has 0 radical (unpaired) electrons. The number of hydrogen-bond acceptors (Lipinski definition) is 4. The van der Waals surface area contributed by atoms with Crippen LogP contribution in [0, 0.1) is 0 Å². The molecule has 26 heavy (non-hydrogen) atoms. The zero-order chi connectivity index (χ0) is 18.2. The number of benzene rings is 2. The van der Waals surface area contributed by atoms with Crippen molar-refractivity contribution < 1.29 is 18.7 Å². The Bertz CT molecular complexity index is 798. The standard InChI is InChI=1S/C21H21NO4/c1-24-18-11-9-17(10-12-18)14-22(15-20-8-5-13-25-20)21(23)16-26-19-6-3-2-4-7-19/h2-13H,14-16H2,1H3. The quantitative estimate of drug-likeness (QED) is 0.618. The summed E-state index contributed by atoms with van der Waals surface area (Å²) in [7, 11) is 1.63. The number of rotatable bonds is 8. The Morgan fingerprint density at radius 3 is 2.35 bits per heavy atom. The molecule has 0 unspecified atom stereocenters. The summed E-state index contributed by atoms with van der Waals surface area (Å²) in [6, 6.07) is 20.6. The van der Waals surface area contributed by atoms with Crippen molar-refractivity contribution in [2.45, 2.75) is 13.1 Å². The fraction of sp³-hybridized carbons (Fsp3) is 0.190. The van der Waals surface area contributed by atoms with Gasteiger partial charge in [-0.1, -0.05) is 30.3 Å². The Hall–Kier alpha value is -3.21. The monoisotopic (exact) mass is 351 g/mol. The van der Waals surface area contributed by atoms with Crippen LogP contribution in [0.5, 0.6) is 11.5 Å². The first-order chi connectivity index (χ1) is 12.7. The summed E-state index contributed by atoms with van der Waals surface area (Å²) in [4.78, 5) is 14.4. The highest BCUT2D eigenvalue weighted by molar-refractivity contribution is 5.77. The van der Waals surface area contributed by atoms with Crippen molar-refractivity contribution in [3.05, 3.63) is 84.3 Å². The smallest absolute Gasteiger partial charge is 0.261 e. The minimum absolute atomic E-state index is 0.0269. The van der Waals surface area contributed by atoms with Gasteiger partial charge in [0.25, 0.3) is 5.91 Å². The van der Waals surface area contributed by atoms with Crippen LogP contribution in [0.25, 0.3) is 0 Å². The second-order valence-corrected chi connectivity index (χ2v) is 5.78. The SMILES string of the molecule is COc1ccc(CN(Cc2ccco2)C(=O)COc2ccccc2)cc1. The van der Waals surface area contributed by atoms with E-state index in [-0.39, 0.29) is 12.5 Å². The third-order valence-corrected chi connectivity index (χ3v) is 3.92. The molecular formula is C21H21NO4. The Labute approximate surface area is 152 Å². The number of carbonyl (C=O) groups is 1. The predicted octanol–water partition coefficient (Wildman–Crippen LogP) is 3.90. The minimum atomic E-state index is -0.110. The molecule has 1 aromatic heterocycles. The maximum Gasteiger partial charge on any atom is 0.261 e. The van der Waals surface area contributed by atoms with Gasteiger partial charge in [0, 0.05) is 6.54 Å². The van der Waals surface area contributed by atoms with E-state index in [1.54, 1.807) is 18.3 Å². The molecule has 3 rings (SSSR count). The Balaban J connectivity index is 1.68.